The van der Waals surface area contributed by atoms with E-state index in [0.717, 1.165) is 0 Å². The van der Waals surface area contributed by atoms with Gasteiger partial charge in [0.1, 0.15) is 0 Å². The second-order valence-electron chi connectivity index (χ2n) is 3.54. The molecule has 0 unspecified atom stereocenters. The monoisotopic (exact) mass is 268 g/mol. The first-order valence-corrected chi connectivity index (χ1v) is 5.69. The quantitative estimate of drug-likeness (QED) is 0.748. The molecule has 0 N–H and O–H groups in total. The van der Waals surface area contributed by atoms with Crippen LogP contribution < -0.4 is 4.31 Å². The molecule has 0 aliphatic heterocycles. The van der Waals surface area contributed by atoms with E-state index in [1.807, 2.05) is 19.0 Å². The molecule has 0 aliphatic carbocycles. The number of likely N-dealkylation sites (N-methyl/N-ethyl adjacent to an activating group) is 1. The normalized spacial score (nSPS) is 10.6. The molecular weight excluding hydrogens is 252 g/mol. The molecule has 1 rings (SSSR count). The number of anilines is 1. The highest BCUT2D eigenvalue weighted by Crippen LogP contribution is 2.11. The van der Waals surface area contributed by atoms with Crippen LogP contribution in [0.4, 0.5) is 5.69 Å². The lowest BCUT2D eigenvalue weighted by atomic mass is 10.5. The largest absolute Gasteiger partial charge is 0.308 e. The molecule has 0 radical (unpaired) electrons. The molecule has 0 aliphatic rings. The summed E-state index contributed by atoms with van der Waals surface area (Å²) in [6, 6.07) is 0. The molecule has 6 nitrogen and oxygen atoms in total. The standard InChI is InChI=1S/C8H16N4O2S.ClH/c1-10(2)4-5-12(15(13)14)8-6-9-11(3)7-8;/h6-7,15H,4-5H2,1-3H3;1H. The molecule has 0 amide bonds. The van der Waals surface area contributed by atoms with Crippen molar-refractivity contribution in [3.8, 4) is 0 Å². The van der Waals surface area contributed by atoms with E-state index in [-0.39, 0.29) is 12.4 Å². The van der Waals surface area contributed by atoms with Gasteiger partial charge in [-0.3, -0.25) is 8.99 Å². The predicted octanol–water partition coefficient (Wildman–Crippen LogP) is -0.264. The zero-order chi connectivity index (χ0) is 11.4. The van der Waals surface area contributed by atoms with Crippen LogP contribution in [0.25, 0.3) is 0 Å². The van der Waals surface area contributed by atoms with Crippen molar-refractivity contribution in [2.75, 3.05) is 31.5 Å². The first-order chi connectivity index (χ1) is 7.00. The van der Waals surface area contributed by atoms with Gasteiger partial charge in [0, 0.05) is 26.3 Å². The molecule has 94 valence electrons. The van der Waals surface area contributed by atoms with Crippen molar-refractivity contribution >= 4 is 29.0 Å². The lowest BCUT2D eigenvalue weighted by Gasteiger charge is -2.17. The Balaban J connectivity index is 0.00000225. The third kappa shape index (κ3) is 4.38. The Morgan fingerprint density at radius 3 is 2.38 bits per heavy atom. The Hall–Kier alpha value is -0.790. The van der Waals surface area contributed by atoms with Crippen LogP contribution in [0.2, 0.25) is 0 Å². The number of thiol groups is 1. The molecule has 0 aromatic carbocycles. The summed E-state index contributed by atoms with van der Waals surface area (Å²) in [6.07, 6.45) is 3.22. The van der Waals surface area contributed by atoms with Crippen LogP contribution in [0.1, 0.15) is 0 Å². The second-order valence-corrected chi connectivity index (χ2v) is 4.49. The van der Waals surface area contributed by atoms with Crippen LogP contribution in [-0.2, 0) is 17.9 Å². The molecule has 1 aromatic rings. The van der Waals surface area contributed by atoms with Gasteiger partial charge in [0.15, 0.2) is 0 Å². The SMILES string of the molecule is CN(C)CCN(c1cnn(C)c1)[SH](=O)=O.Cl. The Morgan fingerprint density at radius 1 is 1.38 bits per heavy atom. The zero-order valence-corrected chi connectivity index (χ0v) is 11.2. The van der Waals surface area contributed by atoms with Crippen LogP contribution >= 0.6 is 12.4 Å². The summed E-state index contributed by atoms with van der Waals surface area (Å²) < 4.78 is 25.0. The number of nitrogens with zero attached hydrogens (tertiary/aromatic N) is 4. The Bertz CT molecular complexity index is 383. The summed E-state index contributed by atoms with van der Waals surface area (Å²) in [5.74, 6) is 0. The molecule has 0 saturated carbocycles. The molecule has 8 heteroatoms. The average Bonchev–Trinajstić information content (AvgIpc) is 2.51. The van der Waals surface area contributed by atoms with Crippen molar-refractivity contribution in [3.63, 3.8) is 0 Å². The van der Waals surface area contributed by atoms with Crippen molar-refractivity contribution in [2.45, 2.75) is 0 Å². The minimum Gasteiger partial charge on any atom is -0.308 e. The molecular formula is C8H17ClN4O2S. The van der Waals surface area contributed by atoms with Gasteiger partial charge in [0.25, 0.3) is 0 Å². The fourth-order valence-electron chi connectivity index (χ4n) is 1.14. The topological polar surface area (TPSA) is 58.4 Å². The summed E-state index contributed by atoms with van der Waals surface area (Å²) in [5, 5.41) is 3.94. The maximum atomic E-state index is 11.0. The van der Waals surface area contributed by atoms with E-state index in [1.165, 1.54) is 4.31 Å². The van der Waals surface area contributed by atoms with Gasteiger partial charge in [-0.25, -0.2) is 8.42 Å². The van der Waals surface area contributed by atoms with Gasteiger partial charge in [0.05, 0.1) is 11.9 Å². The molecule has 0 saturated heterocycles. The van der Waals surface area contributed by atoms with E-state index >= 15 is 0 Å². The van der Waals surface area contributed by atoms with Crippen molar-refractivity contribution in [3.05, 3.63) is 12.4 Å². The minimum atomic E-state index is -2.60. The number of aromatic nitrogens is 2. The van der Waals surface area contributed by atoms with E-state index < -0.39 is 10.9 Å². The van der Waals surface area contributed by atoms with Gasteiger partial charge in [-0.1, -0.05) is 0 Å². The average molecular weight is 269 g/mol. The molecule has 1 heterocycles. The van der Waals surface area contributed by atoms with Gasteiger partial charge < -0.3 is 4.90 Å². The zero-order valence-electron chi connectivity index (χ0n) is 9.53. The van der Waals surface area contributed by atoms with Crippen molar-refractivity contribution in [1.82, 2.24) is 14.7 Å². The van der Waals surface area contributed by atoms with Crippen LogP contribution in [-0.4, -0.2) is 50.3 Å². The summed E-state index contributed by atoms with van der Waals surface area (Å²) in [5.41, 5.74) is 0.607. The van der Waals surface area contributed by atoms with E-state index in [0.29, 0.717) is 18.8 Å². The molecule has 0 atom stereocenters. The minimum absolute atomic E-state index is 0. The third-order valence-corrected chi connectivity index (χ3v) is 2.77. The number of halogens is 1. The molecule has 0 spiro atoms. The van der Waals surface area contributed by atoms with Gasteiger partial charge in [-0.2, -0.15) is 5.10 Å². The number of hydrogen-bond acceptors (Lipinski definition) is 4. The molecule has 0 bridgehead atoms. The highest BCUT2D eigenvalue weighted by Gasteiger charge is 2.10. The third-order valence-electron chi connectivity index (χ3n) is 1.95. The van der Waals surface area contributed by atoms with Crippen LogP contribution in [0.5, 0.6) is 0 Å². The van der Waals surface area contributed by atoms with Gasteiger partial charge in [-0.05, 0) is 14.1 Å². The van der Waals surface area contributed by atoms with Crippen LogP contribution in [0, 0.1) is 0 Å². The van der Waals surface area contributed by atoms with Gasteiger partial charge in [-0.15, -0.1) is 12.4 Å². The Labute approximate surface area is 103 Å². The fraction of sp³-hybridized carbons (Fsp3) is 0.625. The number of aryl methyl sites for hydroxylation is 1. The highest BCUT2D eigenvalue weighted by atomic mass is 35.5. The van der Waals surface area contributed by atoms with Crippen molar-refractivity contribution < 1.29 is 8.42 Å². The fourth-order valence-corrected chi connectivity index (χ4v) is 1.69. The Morgan fingerprint density at radius 2 is 2.00 bits per heavy atom. The van der Waals surface area contributed by atoms with E-state index in [1.54, 1.807) is 24.1 Å². The summed E-state index contributed by atoms with van der Waals surface area (Å²) in [4.78, 5) is 1.93. The summed E-state index contributed by atoms with van der Waals surface area (Å²) >= 11 is 0. The maximum Gasteiger partial charge on any atom is 0.225 e. The summed E-state index contributed by atoms with van der Waals surface area (Å²) in [6.45, 7) is 1.12. The van der Waals surface area contributed by atoms with Crippen molar-refractivity contribution in [1.29, 1.82) is 0 Å². The molecule has 16 heavy (non-hydrogen) atoms. The Kier molecular flexibility index (Phi) is 6.39. The molecule has 1 aromatic heterocycles. The predicted molar refractivity (Wildman–Crippen MR) is 66.7 cm³/mol. The van der Waals surface area contributed by atoms with E-state index in [4.69, 9.17) is 0 Å². The first kappa shape index (κ1) is 15.2. The van der Waals surface area contributed by atoms with Gasteiger partial charge >= 0.3 is 0 Å². The highest BCUT2D eigenvalue weighted by molar-refractivity contribution is 7.74. The van der Waals surface area contributed by atoms with Crippen LogP contribution in [0.3, 0.4) is 0 Å². The van der Waals surface area contributed by atoms with Gasteiger partial charge in [0.2, 0.25) is 10.9 Å². The number of hydrogen-bond donors (Lipinski definition) is 1. The van der Waals surface area contributed by atoms with E-state index in [9.17, 15) is 8.42 Å². The summed E-state index contributed by atoms with van der Waals surface area (Å²) in [7, 11) is 2.96. The smallest absolute Gasteiger partial charge is 0.225 e. The van der Waals surface area contributed by atoms with E-state index in [2.05, 4.69) is 5.10 Å². The first-order valence-electron chi connectivity index (χ1n) is 4.56. The van der Waals surface area contributed by atoms with Crippen LogP contribution in [0.15, 0.2) is 12.4 Å². The maximum absolute atomic E-state index is 11.0. The lowest BCUT2D eigenvalue weighted by molar-refractivity contribution is 0.420. The second kappa shape index (κ2) is 6.72. The molecule has 0 fully saturated rings. The number of rotatable bonds is 5. The lowest BCUT2D eigenvalue weighted by Crippen LogP contribution is -2.30. The van der Waals surface area contributed by atoms with Crippen molar-refractivity contribution in [2.24, 2.45) is 7.05 Å².